The Morgan fingerprint density at radius 2 is 2.25 bits per heavy atom. The van der Waals surface area contributed by atoms with Gasteiger partial charge in [-0.3, -0.25) is 20.8 Å². The highest BCUT2D eigenvalue weighted by molar-refractivity contribution is 7.98. The molecule has 20 heavy (non-hydrogen) atoms. The Morgan fingerprint density at radius 3 is 2.90 bits per heavy atom. The normalized spacial score (nSPS) is 10.2. The third-order valence-corrected chi connectivity index (χ3v) is 3.42. The number of nitro benzene ring substituents is 1. The van der Waals surface area contributed by atoms with E-state index < -0.39 is 4.92 Å². The Balaban J connectivity index is 2.23. The summed E-state index contributed by atoms with van der Waals surface area (Å²) < 4.78 is 0. The van der Waals surface area contributed by atoms with Gasteiger partial charge < -0.3 is 10.4 Å². The first kappa shape index (κ1) is 14.0. The van der Waals surface area contributed by atoms with Gasteiger partial charge in [0.05, 0.1) is 4.92 Å². The number of nitro groups is 1. The molecule has 1 heterocycles. The molecule has 2 aromatic rings. The Kier molecular flexibility index (Phi) is 4.33. The number of nitrogens with two attached hydrogens (primary N) is 1. The van der Waals surface area contributed by atoms with Crippen LogP contribution in [0.5, 0.6) is 0 Å². The first-order chi connectivity index (χ1) is 9.61. The Labute approximate surface area is 117 Å². The summed E-state index contributed by atoms with van der Waals surface area (Å²) in [6.45, 7) is 0. The Hall–Kier alpha value is -2.39. The minimum absolute atomic E-state index is 0.0971. The average Bonchev–Trinajstić information content (AvgIpc) is 2.44. The van der Waals surface area contributed by atoms with Crippen LogP contribution < -0.4 is 16.8 Å². The number of benzene rings is 1. The summed E-state index contributed by atoms with van der Waals surface area (Å²) in [6, 6.07) is 5.97. The van der Waals surface area contributed by atoms with Gasteiger partial charge in [0.15, 0.2) is 5.16 Å². The number of rotatable bonds is 5. The quantitative estimate of drug-likeness (QED) is 0.249. The maximum absolute atomic E-state index is 11.1. The predicted octanol–water partition coefficient (Wildman–Crippen LogP) is 1.26. The molecule has 0 spiro atoms. The van der Waals surface area contributed by atoms with Crippen molar-refractivity contribution in [2.75, 3.05) is 5.43 Å². The molecule has 0 saturated carbocycles. The van der Waals surface area contributed by atoms with Gasteiger partial charge in [0.25, 0.3) is 11.2 Å². The van der Waals surface area contributed by atoms with E-state index in [1.54, 1.807) is 12.1 Å². The number of thioether (sulfide) groups is 1. The molecule has 0 aliphatic heterocycles. The highest BCUT2D eigenvalue weighted by Crippen LogP contribution is 2.31. The minimum atomic E-state index is -0.508. The summed E-state index contributed by atoms with van der Waals surface area (Å²) in [5.41, 5.74) is 2.90. The second-order valence-electron chi connectivity index (χ2n) is 3.74. The fraction of sp³-hybridized carbons (Fsp3) is 0.0909. The summed E-state index contributed by atoms with van der Waals surface area (Å²) in [6.07, 6.45) is 1.40. The van der Waals surface area contributed by atoms with Crippen molar-refractivity contribution < 1.29 is 4.92 Å². The van der Waals surface area contributed by atoms with Gasteiger partial charge >= 0.3 is 0 Å². The zero-order valence-corrected chi connectivity index (χ0v) is 11.0. The second kappa shape index (κ2) is 6.17. The number of anilines is 1. The number of hydrazine groups is 1. The number of para-hydroxylation sites is 1. The van der Waals surface area contributed by atoms with Crippen molar-refractivity contribution in [1.82, 2.24) is 9.97 Å². The van der Waals surface area contributed by atoms with Crippen LogP contribution in [-0.4, -0.2) is 14.9 Å². The van der Waals surface area contributed by atoms with Crippen molar-refractivity contribution >= 4 is 23.1 Å². The zero-order valence-electron chi connectivity index (χ0n) is 10.2. The van der Waals surface area contributed by atoms with E-state index in [9.17, 15) is 14.9 Å². The van der Waals surface area contributed by atoms with E-state index in [-0.39, 0.29) is 16.9 Å². The summed E-state index contributed by atoms with van der Waals surface area (Å²) in [4.78, 5) is 28.1. The summed E-state index contributed by atoms with van der Waals surface area (Å²) >= 11 is 1.25. The zero-order chi connectivity index (χ0) is 14.5. The van der Waals surface area contributed by atoms with Crippen molar-refractivity contribution in [2.24, 2.45) is 5.84 Å². The summed E-state index contributed by atoms with van der Waals surface area (Å²) in [7, 11) is 0. The van der Waals surface area contributed by atoms with Crippen LogP contribution in [0.25, 0.3) is 0 Å². The lowest BCUT2D eigenvalue weighted by Gasteiger charge is -2.08. The number of aromatic nitrogens is 2. The van der Waals surface area contributed by atoms with E-state index in [0.29, 0.717) is 16.5 Å². The molecular weight excluding hydrogens is 282 g/mol. The van der Waals surface area contributed by atoms with E-state index in [0.717, 1.165) is 0 Å². The van der Waals surface area contributed by atoms with Crippen LogP contribution in [0, 0.1) is 10.1 Å². The average molecular weight is 293 g/mol. The number of nitrogens with zero attached hydrogens (tertiary/aromatic N) is 2. The fourth-order valence-corrected chi connectivity index (χ4v) is 2.44. The molecule has 1 aromatic carbocycles. The van der Waals surface area contributed by atoms with Crippen molar-refractivity contribution in [3.05, 3.63) is 56.5 Å². The van der Waals surface area contributed by atoms with Crippen molar-refractivity contribution in [1.29, 1.82) is 0 Å². The van der Waals surface area contributed by atoms with Crippen LogP contribution in [0.2, 0.25) is 0 Å². The lowest BCUT2D eigenvalue weighted by atomic mass is 10.2. The van der Waals surface area contributed by atoms with Gasteiger partial charge in [0.2, 0.25) is 0 Å². The van der Waals surface area contributed by atoms with Crippen LogP contribution in [-0.2, 0) is 5.75 Å². The summed E-state index contributed by atoms with van der Waals surface area (Å²) in [5, 5.41) is 11.3. The second-order valence-corrected chi connectivity index (χ2v) is 4.70. The third-order valence-electron chi connectivity index (χ3n) is 2.48. The van der Waals surface area contributed by atoms with E-state index in [2.05, 4.69) is 15.4 Å². The molecule has 0 atom stereocenters. The molecule has 0 amide bonds. The molecule has 1 aromatic heterocycles. The molecular formula is C11H11N5O3S. The van der Waals surface area contributed by atoms with Crippen LogP contribution in [0.15, 0.2) is 40.4 Å². The van der Waals surface area contributed by atoms with Crippen molar-refractivity contribution in [3.8, 4) is 0 Å². The van der Waals surface area contributed by atoms with Gasteiger partial charge in [-0.25, -0.2) is 4.98 Å². The Morgan fingerprint density at radius 1 is 1.45 bits per heavy atom. The highest BCUT2D eigenvalue weighted by atomic mass is 32.2. The minimum Gasteiger partial charge on any atom is -0.318 e. The Bertz CT molecular complexity index is 688. The number of H-pyrrole nitrogens is 1. The lowest BCUT2D eigenvalue weighted by Crippen LogP contribution is -2.11. The fourth-order valence-electron chi connectivity index (χ4n) is 1.60. The lowest BCUT2D eigenvalue weighted by molar-refractivity contribution is -0.384. The molecule has 0 aliphatic rings. The molecule has 0 radical (unpaired) electrons. The molecule has 0 saturated heterocycles. The maximum Gasteiger partial charge on any atom is 0.293 e. The van der Waals surface area contributed by atoms with E-state index in [1.165, 1.54) is 30.1 Å². The molecule has 9 heteroatoms. The third kappa shape index (κ3) is 3.13. The van der Waals surface area contributed by atoms with Gasteiger partial charge in [-0.1, -0.05) is 23.9 Å². The molecule has 2 rings (SSSR count). The van der Waals surface area contributed by atoms with Crippen molar-refractivity contribution in [2.45, 2.75) is 10.9 Å². The number of nitrogens with one attached hydrogen (secondary N) is 2. The number of hydrogen-bond acceptors (Lipinski definition) is 7. The molecule has 0 bridgehead atoms. The first-order valence-electron chi connectivity index (χ1n) is 5.53. The van der Waals surface area contributed by atoms with E-state index in [4.69, 9.17) is 5.84 Å². The highest BCUT2D eigenvalue weighted by Gasteiger charge is 2.16. The molecule has 0 unspecified atom stereocenters. The first-order valence-corrected chi connectivity index (χ1v) is 6.51. The van der Waals surface area contributed by atoms with Crippen LogP contribution in [0.3, 0.4) is 0 Å². The SMILES string of the molecule is NNc1c(CSc2nccc(=O)[nH]2)cccc1[N+](=O)[O-]. The monoisotopic (exact) mass is 293 g/mol. The molecule has 4 N–H and O–H groups in total. The van der Waals surface area contributed by atoms with Gasteiger partial charge in [0, 0.05) is 24.1 Å². The van der Waals surface area contributed by atoms with Gasteiger partial charge in [-0.05, 0) is 5.56 Å². The van der Waals surface area contributed by atoms with Crippen LogP contribution in [0.1, 0.15) is 5.56 Å². The smallest absolute Gasteiger partial charge is 0.293 e. The van der Waals surface area contributed by atoms with Gasteiger partial charge in [-0.2, -0.15) is 0 Å². The van der Waals surface area contributed by atoms with Crippen LogP contribution in [0.4, 0.5) is 11.4 Å². The predicted molar refractivity (Wildman–Crippen MR) is 75.3 cm³/mol. The van der Waals surface area contributed by atoms with E-state index >= 15 is 0 Å². The topological polar surface area (TPSA) is 127 Å². The van der Waals surface area contributed by atoms with Gasteiger partial charge in [0.1, 0.15) is 5.69 Å². The number of aromatic amines is 1. The summed E-state index contributed by atoms with van der Waals surface area (Å²) in [5.74, 6) is 5.73. The van der Waals surface area contributed by atoms with Gasteiger partial charge in [-0.15, -0.1) is 0 Å². The van der Waals surface area contributed by atoms with Crippen LogP contribution >= 0.6 is 11.8 Å². The maximum atomic E-state index is 11.1. The standard InChI is InChI=1S/C11H11N5O3S/c12-15-10-7(2-1-3-8(10)16(18)19)6-20-11-13-5-4-9(17)14-11/h1-5,15H,6,12H2,(H,13,14,17). The number of hydrogen-bond donors (Lipinski definition) is 3. The largest absolute Gasteiger partial charge is 0.318 e. The van der Waals surface area contributed by atoms with Crippen molar-refractivity contribution in [3.63, 3.8) is 0 Å². The molecule has 8 nitrogen and oxygen atoms in total. The molecule has 104 valence electrons. The molecule has 0 fully saturated rings. The number of nitrogen functional groups attached to an aromatic ring is 1. The van der Waals surface area contributed by atoms with E-state index in [1.807, 2.05) is 0 Å². The molecule has 0 aliphatic carbocycles.